The van der Waals surface area contributed by atoms with Gasteiger partial charge in [0.05, 0.1) is 16.1 Å². The Kier molecular flexibility index (Phi) is 6.61. The highest BCUT2D eigenvalue weighted by atomic mass is 32.2. The molecule has 2 aromatic carbocycles. The van der Waals surface area contributed by atoms with Gasteiger partial charge in [-0.25, -0.2) is 0 Å². The first-order valence-electron chi connectivity index (χ1n) is 9.59. The number of rotatable bonds is 5. The van der Waals surface area contributed by atoms with Gasteiger partial charge in [0, 0.05) is 48.5 Å². The van der Waals surface area contributed by atoms with Gasteiger partial charge in [-0.05, 0) is 18.2 Å². The van der Waals surface area contributed by atoms with Crippen LogP contribution in [0.4, 0.5) is 5.69 Å². The van der Waals surface area contributed by atoms with Crippen LogP contribution in [0.3, 0.4) is 0 Å². The number of thioether (sulfide) groups is 1. The van der Waals surface area contributed by atoms with Gasteiger partial charge in [-0.1, -0.05) is 26.0 Å². The number of carbonyl (C=O) groups is 2. The van der Waals surface area contributed by atoms with Crippen molar-refractivity contribution in [3.05, 3.63) is 63.7 Å². The smallest absolute Gasteiger partial charge is 0.270 e. The molecular weight excluding hydrogens is 406 g/mol. The van der Waals surface area contributed by atoms with Crippen molar-refractivity contribution in [1.82, 2.24) is 9.80 Å². The lowest BCUT2D eigenvalue weighted by molar-refractivity contribution is -0.384. The molecule has 1 saturated heterocycles. The lowest BCUT2D eigenvalue weighted by Gasteiger charge is -2.35. The number of non-ortho nitro benzene ring substituents is 1. The number of carbonyl (C=O) groups excluding carboxylic acids is 2. The number of aromatic hydroxyl groups is 1. The van der Waals surface area contributed by atoms with Crippen LogP contribution in [0.2, 0.25) is 0 Å². The second-order valence-electron chi connectivity index (χ2n) is 7.21. The minimum Gasteiger partial charge on any atom is -0.507 e. The van der Waals surface area contributed by atoms with E-state index in [-0.39, 0.29) is 34.1 Å². The molecule has 158 valence electrons. The predicted octanol–water partition coefficient (Wildman–Crippen LogP) is 3.40. The van der Waals surface area contributed by atoms with E-state index in [0.717, 1.165) is 0 Å². The first-order chi connectivity index (χ1) is 14.3. The average Bonchev–Trinajstić information content (AvgIpc) is 2.73. The number of nitro groups is 1. The maximum atomic E-state index is 13.1. The second kappa shape index (κ2) is 9.17. The number of amides is 2. The fourth-order valence-electron chi connectivity index (χ4n) is 3.26. The maximum Gasteiger partial charge on any atom is 0.270 e. The quantitative estimate of drug-likeness (QED) is 0.444. The molecular formula is C21H23N3O5S. The SMILES string of the molecule is CC(C)Sc1ccc([N+](=O)[O-])cc1C(=O)N1CCN(C(=O)c2ccccc2O)CC1. The first kappa shape index (κ1) is 21.6. The van der Waals surface area contributed by atoms with Crippen LogP contribution in [0.25, 0.3) is 0 Å². The zero-order chi connectivity index (χ0) is 21.8. The van der Waals surface area contributed by atoms with Crippen molar-refractivity contribution < 1.29 is 19.6 Å². The average molecular weight is 429 g/mol. The van der Waals surface area contributed by atoms with Gasteiger partial charge in [0.1, 0.15) is 5.75 Å². The molecule has 0 aliphatic carbocycles. The molecule has 0 aromatic heterocycles. The van der Waals surface area contributed by atoms with E-state index in [1.54, 1.807) is 34.1 Å². The molecule has 0 spiro atoms. The molecule has 1 heterocycles. The van der Waals surface area contributed by atoms with Crippen LogP contribution in [-0.4, -0.2) is 63.1 Å². The molecule has 8 nitrogen and oxygen atoms in total. The molecule has 1 aliphatic rings. The Morgan fingerprint density at radius 2 is 1.57 bits per heavy atom. The van der Waals surface area contributed by atoms with E-state index in [2.05, 4.69) is 0 Å². The number of phenolic OH excluding ortho intramolecular Hbond substituents is 1. The highest BCUT2D eigenvalue weighted by Gasteiger charge is 2.28. The topological polar surface area (TPSA) is 104 Å². The molecule has 2 aromatic rings. The molecule has 0 saturated carbocycles. The van der Waals surface area contributed by atoms with E-state index in [1.165, 1.54) is 30.0 Å². The number of phenols is 1. The van der Waals surface area contributed by atoms with Crippen LogP contribution in [0, 0.1) is 10.1 Å². The zero-order valence-electron chi connectivity index (χ0n) is 16.8. The Morgan fingerprint density at radius 1 is 1.00 bits per heavy atom. The molecule has 9 heteroatoms. The van der Waals surface area contributed by atoms with Gasteiger partial charge < -0.3 is 14.9 Å². The summed E-state index contributed by atoms with van der Waals surface area (Å²) >= 11 is 1.48. The molecule has 0 radical (unpaired) electrons. The van der Waals surface area contributed by atoms with E-state index < -0.39 is 4.92 Å². The van der Waals surface area contributed by atoms with Crippen molar-refractivity contribution >= 4 is 29.3 Å². The highest BCUT2D eigenvalue weighted by molar-refractivity contribution is 8.00. The molecule has 30 heavy (non-hydrogen) atoms. The third-order valence-electron chi connectivity index (χ3n) is 4.76. The Morgan fingerprint density at radius 3 is 2.10 bits per heavy atom. The summed E-state index contributed by atoms with van der Waals surface area (Å²) in [4.78, 5) is 40.3. The van der Waals surface area contributed by atoms with Gasteiger partial charge in [-0.2, -0.15) is 0 Å². The summed E-state index contributed by atoms with van der Waals surface area (Å²) in [6, 6.07) is 10.7. The molecule has 2 amide bonds. The summed E-state index contributed by atoms with van der Waals surface area (Å²) < 4.78 is 0. The van der Waals surface area contributed by atoms with Crippen LogP contribution in [0.15, 0.2) is 47.4 Å². The Hall–Kier alpha value is -3.07. The van der Waals surface area contributed by atoms with Crippen molar-refractivity contribution in [2.75, 3.05) is 26.2 Å². The molecule has 1 fully saturated rings. The standard InChI is InChI=1S/C21H23N3O5S/c1-14(2)30-19-8-7-15(24(28)29)13-17(19)21(27)23-11-9-22(10-12-23)20(26)16-5-3-4-6-18(16)25/h3-8,13-14,25H,9-12H2,1-2H3. The lowest BCUT2D eigenvalue weighted by Crippen LogP contribution is -2.50. The van der Waals surface area contributed by atoms with E-state index in [4.69, 9.17) is 0 Å². The third kappa shape index (κ3) is 4.73. The van der Waals surface area contributed by atoms with Crippen LogP contribution in [-0.2, 0) is 0 Å². The Balaban J connectivity index is 1.75. The largest absolute Gasteiger partial charge is 0.507 e. The number of hydrogen-bond acceptors (Lipinski definition) is 6. The number of para-hydroxylation sites is 1. The highest BCUT2D eigenvalue weighted by Crippen LogP contribution is 2.31. The second-order valence-corrected chi connectivity index (χ2v) is 8.82. The molecule has 0 unspecified atom stereocenters. The zero-order valence-corrected chi connectivity index (χ0v) is 17.6. The fraction of sp³-hybridized carbons (Fsp3) is 0.333. The van der Waals surface area contributed by atoms with E-state index in [0.29, 0.717) is 36.6 Å². The first-order valence-corrected chi connectivity index (χ1v) is 10.5. The van der Waals surface area contributed by atoms with Gasteiger partial charge in [0.25, 0.3) is 17.5 Å². The minimum absolute atomic E-state index is 0.0760. The van der Waals surface area contributed by atoms with Gasteiger partial charge in [0.15, 0.2) is 0 Å². The van der Waals surface area contributed by atoms with Crippen molar-refractivity contribution in [3.8, 4) is 5.75 Å². The predicted molar refractivity (Wildman–Crippen MR) is 114 cm³/mol. The van der Waals surface area contributed by atoms with Gasteiger partial charge in [-0.15, -0.1) is 11.8 Å². The van der Waals surface area contributed by atoms with E-state index in [1.807, 2.05) is 13.8 Å². The molecule has 0 bridgehead atoms. The normalized spacial score (nSPS) is 14.1. The number of piperazine rings is 1. The number of benzene rings is 2. The van der Waals surface area contributed by atoms with Crippen molar-refractivity contribution in [2.24, 2.45) is 0 Å². The summed E-state index contributed by atoms with van der Waals surface area (Å²) in [7, 11) is 0. The molecule has 0 atom stereocenters. The minimum atomic E-state index is -0.510. The third-order valence-corrected chi connectivity index (χ3v) is 5.84. The van der Waals surface area contributed by atoms with Crippen LogP contribution in [0.1, 0.15) is 34.6 Å². The number of nitrogens with zero attached hydrogens (tertiary/aromatic N) is 3. The maximum absolute atomic E-state index is 13.1. The van der Waals surface area contributed by atoms with Crippen molar-refractivity contribution in [3.63, 3.8) is 0 Å². The monoisotopic (exact) mass is 429 g/mol. The summed E-state index contributed by atoms with van der Waals surface area (Å²) in [5.41, 5.74) is 0.412. The van der Waals surface area contributed by atoms with Crippen LogP contribution < -0.4 is 0 Å². The lowest BCUT2D eigenvalue weighted by atomic mass is 10.1. The van der Waals surface area contributed by atoms with Crippen molar-refractivity contribution in [2.45, 2.75) is 24.0 Å². The van der Waals surface area contributed by atoms with Gasteiger partial charge in [0.2, 0.25) is 0 Å². The summed E-state index contributed by atoms with van der Waals surface area (Å²) in [5.74, 6) is -0.643. The summed E-state index contributed by atoms with van der Waals surface area (Å²) in [6.45, 7) is 5.24. The van der Waals surface area contributed by atoms with Crippen molar-refractivity contribution in [1.29, 1.82) is 0 Å². The summed E-state index contributed by atoms with van der Waals surface area (Å²) in [6.07, 6.45) is 0. The summed E-state index contributed by atoms with van der Waals surface area (Å²) in [5, 5.41) is 21.3. The molecule has 1 aliphatic heterocycles. The van der Waals surface area contributed by atoms with Crippen LogP contribution >= 0.6 is 11.8 Å². The number of nitro benzene ring substituents is 1. The Labute approximate surface area is 178 Å². The number of hydrogen-bond donors (Lipinski definition) is 1. The Bertz CT molecular complexity index is 971. The van der Waals surface area contributed by atoms with E-state index >= 15 is 0 Å². The van der Waals surface area contributed by atoms with Gasteiger partial charge >= 0.3 is 0 Å². The molecule has 3 rings (SSSR count). The fourth-order valence-corrected chi connectivity index (χ4v) is 4.19. The van der Waals surface area contributed by atoms with Gasteiger partial charge in [-0.3, -0.25) is 19.7 Å². The molecule has 1 N–H and O–H groups in total. The van der Waals surface area contributed by atoms with Crippen LogP contribution in [0.5, 0.6) is 5.75 Å². The van der Waals surface area contributed by atoms with E-state index in [9.17, 15) is 24.8 Å².